The molecule has 34 heavy (non-hydrogen) atoms. The summed E-state index contributed by atoms with van der Waals surface area (Å²) in [6, 6.07) is 8.78. The van der Waals surface area contributed by atoms with Crippen molar-refractivity contribution >= 4 is 26.5 Å². The van der Waals surface area contributed by atoms with Gasteiger partial charge in [-0.3, -0.25) is 0 Å². The Morgan fingerprint density at radius 2 is 1.29 bits per heavy atom. The first kappa shape index (κ1) is 29.5. The molecular weight excluding hydrogens is 477 g/mol. The number of benzene rings is 1. The Labute approximate surface area is 211 Å². The van der Waals surface area contributed by atoms with Crippen molar-refractivity contribution in [1.82, 2.24) is 0 Å². The van der Waals surface area contributed by atoms with Crippen molar-refractivity contribution in [2.45, 2.75) is 115 Å². The lowest BCUT2D eigenvalue weighted by Gasteiger charge is -2.45. The summed E-state index contributed by atoms with van der Waals surface area (Å²) in [6.45, 7) is 26.7. The van der Waals surface area contributed by atoms with Gasteiger partial charge in [0.05, 0.1) is 22.0 Å². The SMILES string of the molecule is C[C@H]1[C@H](O[Si](C)(C)C(C)(C)C)[C@H](C)C(S(=O)(=O)c2ccccc2)=CC[C@H]1O[Si](C)(C)C(C)(C)C. The van der Waals surface area contributed by atoms with Crippen LogP contribution in [0.2, 0.25) is 36.3 Å². The quantitative estimate of drug-likeness (QED) is 0.356. The topological polar surface area (TPSA) is 52.6 Å². The van der Waals surface area contributed by atoms with E-state index in [1.54, 1.807) is 24.3 Å². The van der Waals surface area contributed by atoms with E-state index in [2.05, 4.69) is 74.7 Å². The van der Waals surface area contributed by atoms with Crippen molar-refractivity contribution in [1.29, 1.82) is 0 Å². The zero-order valence-electron chi connectivity index (χ0n) is 23.5. The monoisotopic (exact) mass is 524 g/mol. The molecule has 0 radical (unpaired) electrons. The van der Waals surface area contributed by atoms with E-state index in [0.717, 1.165) is 0 Å². The van der Waals surface area contributed by atoms with Gasteiger partial charge in [0, 0.05) is 11.8 Å². The van der Waals surface area contributed by atoms with E-state index >= 15 is 0 Å². The van der Waals surface area contributed by atoms with Gasteiger partial charge in [0.15, 0.2) is 16.6 Å². The highest BCUT2D eigenvalue weighted by molar-refractivity contribution is 7.95. The molecule has 0 heterocycles. The summed E-state index contributed by atoms with van der Waals surface area (Å²) in [4.78, 5) is 0.811. The maximum Gasteiger partial charge on any atom is 0.202 e. The van der Waals surface area contributed by atoms with Gasteiger partial charge in [0.2, 0.25) is 9.84 Å². The summed E-state index contributed by atoms with van der Waals surface area (Å²) in [7, 11) is -7.84. The average molecular weight is 525 g/mol. The van der Waals surface area contributed by atoms with Crippen LogP contribution in [0.3, 0.4) is 0 Å². The van der Waals surface area contributed by atoms with Gasteiger partial charge >= 0.3 is 0 Å². The van der Waals surface area contributed by atoms with Crippen molar-refractivity contribution in [3.05, 3.63) is 41.3 Å². The molecule has 1 aliphatic rings. The molecule has 0 bridgehead atoms. The van der Waals surface area contributed by atoms with Crippen molar-refractivity contribution in [2.75, 3.05) is 0 Å². The van der Waals surface area contributed by atoms with E-state index in [0.29, 0.717) is 16.2 Å². The first-order valence-electron chi connectivity index (χ1n) is 12.6. The fourth-order valence-electron chi connectivity index (χ4n) is 3.99. The second-order valence-corrected chi connectivity index (χ2v) is 24.5. The molecule has 0 saturated carbocycles. The molecule has 0 amide bonds. The molecule has 0 spiro atoms. The molecule has 0 aromatic heterocycles. The first-order chi connectivity index (χ1) is 15.2. The van der Waals surface area contributed by atoms with Crippen molar-refractivity contribution < 1.29 is 17.3 Å². The Morgan fingerprint density at radius 1 is 0.824 bits per heavy atom. The summed E-state index contributed by atoms with van der Waals surface area (Å²) in [5, 5.41) is 0.0970. The first-order valence-corrected chi connectivity index (χ1v) is 19.9. The molecule has 4 atom stereocenters. The van der Waals surface area contributed by atoms with E-state index < -0.39 is 26.5 Å². The molecule has 194 valence electrons. The maximum absolute atomic E-state index is 13.8. The summed E-state index contributed by atoms with van der Waals surface area (Å²) >= 11 is 0. The zero-order chi connectivity index (χ0) is 26.3. The lowest BCUT2D eigenvalue weighted by Crippen LogP contribution is -2.51. The van der Waals surface area contributed by atoms with E-state index in [1.807, 2.05) is 19.1 Å². The molecule has 0 saturated heterocycles. The van der Waals surface area contributed by atoms with Crippen LogP contribution in [-0.2, 0) is 18.7 Å². The van der Waals surface area contributed by atoms with Crippen LogP contribution in [0.1, 0.15) is 61.8 Å². The molecule has 1 aliphatic carbocycles. The Kier molecular flexibility index (Phi) is 8.64. The van der Waals surface area contributed by atoms with Crippen LogP contribution in [0.5, 0.6) is 0 Å². The van der Waals surface area contributed by atoms with Gasteiger partial charge in [-0.1, -0.05) is 79.7 Å². The average Bonchev–Trinajstić information content (AvgIpc) is 2.79. The van der Waals surface area contributed by atoms with Crippen LogP contribution in [0.4, 0.5) is 0 Å². The van der Waals surface area contributed by atoms with Crippen LogP contribution >= 0.6 is 0 Å². The van der Waals surface area contributed by atoms with Crippen molar-refractivity contribution in [3.63, 3.8) is 0 Å². The Balaban J connectivity index is 2.59. The molecule has 0 aliphatic heterocycles. The minimum absolute atomic E-state index is 0.0245. The Hall–Kier alpha value is -0.736. The third-order valence-electron chi connectivity index (χ3n) is 8.45. The standard InChI is InChI=1S/C27H48O4SSi2/c1-20-23(30-33(9,10)26(3,4)5)18-19-24(32(28,29)22-16-14-13-15-17-22)21(2)25(20)31-34(11,12)27(6,7)8/h13-17,19-21,23,25H,18H2,1-12H3/t20-,21-,23-,25+/m1/s1. The van der Waals surface area contributed by atoms with Gasteiger partial charge < -0.3 is 8.85 Å². The molecule has 0 N–H and O–H groups in total. The molecule has 1 aromatic carbocycles. The van der Waals surface area contributed by atoms with Gasteiger partial charge in [0.1, 0.15) is 0 Å². The molecule has 1 aromatic rings. The summed E-state index contributed by atoms with van der Waals surface area (Å²) in [5.41, 5.74) is 0. The number of sulfone groups is 1. The molecule has 2 rings (SSSR count). The third-order valence-corrected chi connectivity index (χ3v) is 19.5. The predicted molar refractivity (Wildman–Crippen MR) is 149 cm³/mol. The van der Waals surface area contributed by atoms with Crippen LogP contribution in [0.15, 0.2) is 46.2 Å². The molecule has 0 fully saturated rings. The van der Waals surface area contributed by atoms with Gasteiger partial charge in [-0.05, 0) is 54.8 Å². The van der Waals surface area contributed by atoms with E-state index in [4.69, 9.17) is 8.85 Å². The highest BCUT2D eigenvalue weighted by Gasteiger charge is 2.48. The molecule has 0 unspecified atom stereocenters. The van der Waals surface area contributed by atoms with Crippen LogP contribution in [-0.4, -0.2) is 37.3 Å². The minimum Gasteiger partial charge on any atom is -0.413 e. The smallest absolute Gasteiger partial charge is 0.202 e. The van der Waals surface area contributed by atoms with E-state index in [-0.39, 0.29) is 34.1 Å². The summed E-state index contributed by atoms with van der Waals surface area (Å²) < 4.78 is 41.5. The van der Waals surface area contributed by atoms with Gasteiger partial charge in [-0.25, -0.2) is 8.42 Å². The largest absolute Gasteiger partial charge is 0.413 e. The van der Waals surface area contributed by atoms with Crippen molar-refractivity contribution in [2.24, 2.45) is 11.8 Å². The maximum atomic E-state index is 13.8. The zero-order valence-corrected chi connectivity index (χ0v) is 26.3. The number of rotatable bonds is 6. The van der Waals surface area contributed by atoms with Gasteiger partial charge in [0.25, 0.3) is 0 Å². The third kappa shape index (κ3) is 6.14. The summed E-state index contributed by atoms with van der Waals surface area (Å²) in [6.07, 6.45) is 2.19. The Bertz CT molecular complexity index is 970. The molecule has 7 heteroatoms. The normalized spacial score (nSPS) is 25.6. The van der Waals surface area contributed by atoms with Crippen molar-refractivity contribution in [3.8, 4) is 0 Å². The second kappa shape index (κ2) is 9.96. The lowest BCUT2D eigenvalue weighted by molar-refractivity contribution is 0.0222. The van der Waals surface area contributed by atoms with Crippen LogP contribution in [0, 0.1) is 11.8 Å². The number of hydrogen-bond donors (Lipinski definition) is 0. The highest BCUT2D eigenvalue weighted by atomic mass is 32.2. The van der Waals surface area contributed by atoms with Crippen LogP contribution in [0.25, 0.3) is 0 Å². The molecule has 4 nitrogen and oxygen atoms in total. The van der Waals surface area contributed by atoms with E-state index in [1.165, 1.54) is 0 Å². The molecular formula is C27H48O4SSi2. The number of hydrogen-bond acceptors (Lipinski definition) is 4. The highest BCUT2D eigenvalue weighted by Crippen LogP contribution is 2.45. The van der Waals surface area contributed by atoms with E-state index in [9.17, 15) is 8.42 Å². The summed E-state index contributed by atoms with van der Waals surface area (Å²) in [5.74, 6) is -0.194. The Morgan fingerprint density at radius 3 is 1.76 bits per heavy atom. The fourth-order valence-corrected chi connectivity index (χ4v) is 8.59. The van der Waals surface area contributed by atoms with Gasteiger partial charge in [-0.2, -0.15) is 0 Å². The fraction of sp³-hybridized carbons (Fsp3) is 0.704. The minimum atomic E-state index is -3.63. The predicted octanol–water partition coefficient (Wildman–Crippen LogP) is 7.80. The van der Waals surface area contributed by atoms with Gasteiger partial charge in [-0.15, -0.1) is 0 Å². The second-order valence-electron chi connectivity index (χ2n) is 13.1. The van der Waals surface area contributed by atoms with Crippen LogP contribution < -0.4 is 0 Å². The lowest BCUT2D eigenvalue weighted by atomic mass is 9.91.